The highest BCUT2D eigenvalue weighted by Gasteiger charge is 2.28. The molecule has 0 saturated heterocycles. The Bertz CT molecular complexity index is 1110. The summed E-state index contributed by atoms with van der Waals surface area (Å²) < 4.78 is 0. The highest BCUT2D eigenvalue weighted by molar-refractivity contribution is 5.97. The van der Waals surface area contributed by atoms with Crippen LogP contribution in [0.15, 0.2) is 78.9 Å². The van der Waals surface area contributed by atoms with Crippen molar-refractivity contribution in [2.24, 2.45) is 0 Å². The number of carbonyl (C=O) groups excluding carboxylic acids is 3. The van der Waals surface area contributed by atoms with Crippen LogP contribution in [0.2, 0.25) is 0 Å². The maximum atomic E-state index is 13.3. The second kappa shape index (κ2) is 11.8. The van der Waals surface area contributed by atoms with Gasteiger partial charge in [-0.1, -0.05) is 55.0 Å². The van der Waals surface area contributed by atoms with Crippen LogP contribution < -0.4 is 16.0 Å². The molecule has 0 aromatic heterocycles. The van der Waals surface area contributed by atoms with Crippen molar-refractivity contribution in [1.29, 1.82) is 0 Å². The summed E-state index contributed by atoms with van der Waals surface area (Å²) in [6.07, 6.45) is 0. The van der Waals surface area contributed by atoms with Crippen LogP contribution in [0.5, 0.6) is 0 Å². The van der Waals surface area contributed by atoms with Crippen LogP contribution in [0.3, 0.4) is 0 Å². The lowest BCUT2D eigenvalue weighted by Gasteiger charge is -2.29. The predicted octanol–water partition coefficient (Wildman–Crippen LogP) is 4.59. The fraction of sp³-hybridized carbons (Fsp3) is 0.222. The molecule has 0 fully saturated rings. The summed E-state index contributed by atoms with van der Waals surface area (Å²) in [6.45, 7) is 5.88. The van der Waals surface area contributed by atoms with Crippen molar-refractivity contribution in [2.75, 3.05) is 29.0 Å². The number of rotatable bonds is 9. The Labute approximate surface area is 200 Å². The van der Waals surface area contributed by atoms with Gasteiger partial charge >= 0.3 is 0 Å². The number of benzene rings is 3. The Balaban J connectivity index is 1.74. The average molecular weight is 459 g/mol. The van der Waals surface area contributed by atoms with E-state index in [-0.39, 0.29) is 24.3 Å². The first-order valence-electron chi connectivity index (χ1n) is 11.2. The first-order valence-corrected chi connectivity index (χ1v) is 11.2. The Morgan fingerprint density at radius 2 is 1.29 bits per heavy atom. The molecule has 0 saturated carbocycles. The van der Waals surface area contributed by atoms with E-state index in [4.69, 9.17) is 0 Å². The first-order chi connectivity index (χ1) is 16.4. The fourth-order valence-corrected chi connectivity index (χ4v) is 3.62. The van der Waals surface area contributed by atoms with Gasteiger partial charge in [0.05, 0.1) is 6.54 Å². The van der Waals surface area contributed by atoms with Gasteiger partial charge in [0.25, 0.3) is 0 Å². The summed E-state index contributed by atoms with van der Waals surface area (Å²) in [5.74, 6) is -0.603. The van der Waals surface area contributed by atoms with Gasteiger partial charge in [-0.05, 0) is 55.4 Å². The van der Waals surface area contributed by atoms with Crippen LogP contribution in [-0.2, 0) is 14.4 Å². The van der Waals surface area contributed by atoms with E-state index >= 15 is 0 Å². The zero-order valence-corrected chi connectivity index (χ0v) is 19.7. The number of anilines is 3. The standard InChI is InChI=1S/C27H30N4O3/c1-4-31(18-25(33)29-23-16-14-22(15-17-23)28-20(3)32)26(21-8-6-5-7-9-21)27(34)30-24-12-10-19(2)11-13-24/h5-17,26H,4,18H2,1-3H3,(H,28,32)(H,29,33)(H,30,34). The Morgan fingerprint density at radius 3 is 1.85 bits per heavy atom. The van der Waals surface area contributed by atoms with E-state index in [1.54, 1.807) is 24.3 Å². The van der Waals surface area contributed by atoms with E-state index in [1.807, 2.05) is 73.3 Å². The molecule has 1 atom stereocenters. The van der Waals surface area contributed by atoms with Gasteiger partial charge in [-0.15, -0.1) is 0 Å². The molecule has 7 heteroatoms. The summed E-state index contributed by atoms with van der Waals surface area (Å²) in [6, 6.07) is 23.3. The van der Waals surface area contributed by atoms with E-state index in [0.29, 0.717) is 23.6 Å². The Hall–Kier alpha value is -3.97. The summed E-state index contributed by atoms with van der Waals surface area (Å²) in [5.41, 5.74) is 3.88. The molecule has 1 unspecified atom stereocenters. The quantitative estimate of drug-likeness (QED) is 0.437. The third-order valence-electron chi connectivity index (χ3n) is 5.29. The molecule has 7 nitrogen and oxygen atoms in total. The molecular formula is C27H30N4O3. The molecule has 176 valence electrons. The molecule has 0 bridgehead atoms. The van der Waals surface area contributed by atoms with Crippen molar-refractivity contribution in [3.8, 4) is 0 Å². The lowest BCUT2D eigenvalue weighted by molar-refractivity contribution is -0.124. The zero-order chi connectivity index (χ0) is 24.5. The maximum absolute atomic E-state index is 13.3. The van der Waals surface area contributed by atoms with E-state index in [0.717, 1.165) is 11.1 Å². The van der Waals surface area contributed by atoms with Gasteiger partial charge in [-0.2, -0.15) is 0 Å². The largest absolute Gasteiger partial charge is 0.326 e. The molecule has 3 N–H and O–H groups in total. The van der Waals surface area contributed by atoms with Crippen LogP contribution in [0.4, 0.5) is 17.1 Å². The lowest BCUT2D eigenvalue weighted by Crippen LogP contribution is -2.41. The van der Waals surface area contributed by atoms with Crippen LogP contribution in [-0.4, -0.2) is 35.7 Å². The third kappa shape index (κ3) is 7.02. The highest BCUT2D eigenvalue weighted by atomic mass is 16.2. The van der Waals surface area contributed by atoms with Gasteiger partial charge in [-0.25, -0.2) is 0 Å². The van der Waals surface area contributed by atoms with E-state index in [2.05, 4.69) is 16.0 Å². The topological polar surface area (TPSA) is 90.5 Å². The van der Waals surface area contributed by atoms with Gasteiger partial charge in [-0.3, -0.25) is 19.3 Å². The van der Waals surface area contributed by atoms with Crippen molar-refractivity contribution in [1.82, 2.24) is 4.90 Å². The van der Waals surface area contributed by atoms with Crippen molar-refractivity contribution < 1.29 is 14.4 Å². The molecular weight excluding hydrogens is 428 g/mol. The van der Waals surface area contributed by atoms with Crippen LogP contribution >= 0.6 is 0 Å². The SMILES string of the molecule is CCN(CC(=O)Nc1ccc(NC(C)=O)cc1)C(C(=O)Nc1ccc(C)cc1)c1ccccc1. The van der Waals surface area contributed by atoms with Gasteiger partial charge in [0.1, 0.15) is 6.04 Å². The summed E-state index contributed by atoms with van der Waals surface area (Å²) in [7, 11) is 0. The van der Waals surface area contributed by atoms with Gasteiger partial charge < -0.3 is 16.0 Å². The van der Waals surface area contributed by atoms with Crippen LogP contribution in [0.1, 0.15) is 31.0 Å². The monoisotopic (exact) mass is 458 g/mol. The number of likely N-dealkylation sites (N-methyl/N-ethyl adjacent to an activating group) is 1. The second-order valence-electron chi connectivity index (χ2n) is 8.04. The summed E-state index contributed by atoms with van der Waals surface area (Å²) >= 11 is 0. The smallest absolute Gasteiger partial charge is 0.246 e. The number of amides is 3. The third-order valence-corrected chi connectivity index (χ3v) is 5.29. The fourth-order valence-electron chi connectivity index (χ4n) is 3.62. The van der Waals surface area contributed by atoms with Crippen molar-refractivity contribution in [3.63, 3.8) is 0 Å². The number of nitrogens with one attached hydrogen (secondary N) is 3. The average Bonchev–Trinajstić information content (AvgIpc) is 2.81. The summed E-state index contributed by atoms with van der Waals surface area (Å²) in [4.78, 5) is 39.2. The predicted molar refractivity (Wildman–Crippen MR) is 136 cm³/mol. The molecule has 0 aliphatic rings. The van der Waals surface area contributed by atoms with Gasteiger partial charge in [0.15, 0.2) is 0 Å². The highest BCUT2D eigenvalue weighted by Crippen LogP contribution is 2.23. The maximum Gasteiger partial charge on any atom is 0.246 e. The number of nitrogens with zero attached hydrogens (tertiary/aromatic N) is 1. The molecule has 0 aliphatic carbocycles. The molecule has 0 radical (unpaired) electrons. The van der Waals surface area contributed by atoms with Crippen molar-refractivity contribution in [3.05, 3.63) is 90.0 Å². The minimum Gasteiger partial charge on any atom is -0.326 e. The number of hydrogen-bond acceptors (Lipinski definition) is 4. The van der Waals surface area contributed by atoms with E-state index < -0.39 is 6.04 Å². The Kier molecular flexibility index (Phi) is 8.54. The van der Waals surface area contributed by atoms with E-state index in [9.17, 15) is 14.4 Å². The minimum atomic E-state index is -0.639. The minimum absolute atomic E-state index is 0.0326. The van der Waals surface area contributed by atoms with Gasteiger partial charge in [0.2, 0.25) is 17.7 Å². The molecule has 3 amide bonds. The zero-order valence-electron chi connectivity index (χ0n) is 19.7. The van der Waals surface area contributed by atoms with Crippen molar-refractivity contribution >= 4 is 34.8 Å². The summed E-state index contributed by atoms with van der Waals surface area (Å²) in [5, 5.41) is 8.53. The number of hydrogen-bond donors (Lipinski definition) is 3. The molecule has 3 rings (SSSR count). The molecule has 34 heavy (non-hydrogen) atoms. The second-order valence-corrected chi connectivity index (χ2v) is 8.04. The first kappa shape index (κ1) is 24.7. The molecule has 0 spiro atoms. The lowest BCUT2D eigenvalue weighted by atomic mass is 10.0. The number of carbonyl (C=O) groups is 3. The van der Waals surface area contributed by atoms with Crippen molar-refractivity contribution in [2.45, 2.75) is 26.8 Å². The number of aryl methyl sites for hydroxylation is 1. The van der Waals surface area contributed by atoms with Crippen LogP contribution in [0, 0.1) is 6.92 Å². The molecule has 3 aromatic carbocycles. The Morgan fingerprint density at radius 1 is 0.765 bits per heavy atom. The molecule has 3 aromatic rings. The molecule has 0 aliphatic heterocycles. The van der Waals surface area contributed by atoms with Gasteiger partial charge in [0, 0.05) is 24.0 Å². The van der Waals surface area contributed by atoms with Crippen LogP contribution in [0.25, 0.3) is 0 Å². The normalized spacial score (nSPS) is 11.5. The molecule has 0 heterocycles. The van der Waals surface area contributed by atoms with E-state index in [1.165, 1.54) is 6.92 Å².